The lowest BCUT2D eigenvalue weighted by Gasteiger charge is -2.18. The summed E-state index contributed by atoms with van der Waals surface area (Å²) in [6.07, 6.45) is 2.01. The smallest absolute Gasteiger partial charge is 0.193 e. The van der Waals surface area contributed by atoms with E-state index in [0.717, 1.165) is 47.6 Å². The summed E-state index contributed by atoms with van der Waals surface area (Å²) in [4.78, 5) is 6.95. The van der Waals surface area contributed by atoms with Gasteiger partial charge in [-0.15, -0.1) is 0 Å². The lowest BCUT2D eigenvalue weighted by Crippen LogP contribution is -2.25. The number of anilines is 2. The monoisotopic (exact) mass is 444 g/mol. The maximum atomic E-state index is 6.10. The molecule has 28 heavy (non-hydrogen) atoms. The highest BCUT2D eigenvalue weighted by molar-refractivity contribution is 9.10. The summed E-state index contributed by atoms with van der Waals surface area (Å²) in [6.45, 7) is 4.11. The van der Waals surface area contributed by atoms with Gasteiger partial charge in [0.25, 0.3) is 0 Å². The van der Waals surface area contributed by atoms with Gasteiger partial charge in [0.1, 0.15) is 0 Å². The molecule has 2 aromatic rings. The number of hydrogen-bond acceptors (Lipinski definition) is 4. The van der Waals surface area contributed by atoms with Crippen LogP contribution in [0, 0.1) is 5.92 Å². The number of nitrogens with one attached hydrogen (secondary N) is 1. The lowest BCUT2D eigenvalue weighted by atomic mass is 10.1. The molecule has 7 heteroatoms. The first-order valence-corrected chi connectivity index (χ1v) is 10.4. The van der Waals surface area contributed by atoms with Crippen LogP contribution in [0.15, 0.2) is 51.9 Å². The molecule has 0 bridgehead atoms. The van der Waals surface area contributed by atoms with E-state index in [-0.39, 0.29) is 0 Å². The first-order chi connectivity index (χ1) is 13.7. The zero-order chi connectivity index (χ0) is 19.3. The van der Waals surface area contributed by atoms with Crippen molar-refractivity contribution in [2.45, 2.75) is 12.8 Å². The minimum Gasteiger partial charge on any atom is -0.490 e. The zero-order valence-corrected chi connectivity index (χ0v) is 17.3. The second-order valence-corrected chi connectivity index (χ2v) is 8.06. The second kappa shape index (κ2) is 8.73. The van der Waals surface area contributed by atoms with Crippen LogP contribution in [0.2, 0.25) is 0 Å². The molecule has 2 aromatic carbocycles. The van der Waals surface area contributed by atoms with Gasteiger partial charge in [0.15, 0.2) is 17.5 Å². The fourth-order valence-electron chi connectivity index (χ4n) is 3.54. The SMILES string of the molecule is NC(=NCC1CCN(c2cccc(Br)c2)C1)Nc1ccc2c(c1)OCCCO2. The van der Waals surface area contributed by atoms with E-state index in [4.69, 9.17) is 15.2 Å². The Morgan fingerprint density at radius 2 is 2.04 bits per heavy atom. The largest absolute Gasteiger partial charge is 0.490 e. The number of guanidine groups is 1. The molecule has 0 radical (unpaired) electrons. The van der Waals surface area contributed by atoms with Gasteiger partial charge in [0, 0.05) is 48.0 Å². The van der Waals surface area contributed by atoms with Crippen molar-refractivity contribution in [1.29, 1.82) is 0 Å². The third kappa shape index (κ3) is 4.70. The summed E-state index contributed by atoms with van der Waals surface area (Å²) in [6, 6.07) is 14.2. The predicted octanol–water partition coefficient (Wildman–Crippen LogP) is 3.86. The Morgan fingerprint density at radius 3 is 2.89 bits per heavy atom. The van der Waals surface area contributed by atoms with Gasteiger partial charge in [-0.2, -0.15) is 0 Å². The summed E-state index contributed by atoms with van der Waals surface area (Å²) >= 11 is 3.54. The van der Waals surface area contributed by atoms with Gasteiger partial charge in [-0.25, -0.2) is 0 Å². The Morgan fingerprint density at radius 1 is 1.18 bits per heavy atom. The number of rotatable bonds is 4. The molecule has 0 amide bonds. The average Bonchev–Trinajstić information content (AvgIpc) is 3.05. The number of ether oxygens (including phenoxy) is 2. The van der Waals surface area contributed by atoms with Crippen LogP contribution in [-0.2, 0) is 0 Å². The topological polar surface area (TPSA) is 72.1 Å². The van der Waals surface area contributed by atoms with Crippen LogP contribution >= 0.6 is 15.9 Å². The van der Waals surface area contributed by atoms with Crippen molar-refractivity contribution in [2.24, 2.45) is 16.6 Å². The van der Waals surface area contributed by atoms with Crippen molar-refractivity contribution in [2.75, 3.05) is 43.1 Å². The van der Waals surface area contributed by atoms with E-state index < -0.39 is 0 Å². The number of hydrogen-bond donors (Lipinski definition) is 2. The molecule has 1 atom stereocenters. The standard InChI is InChI=1S/C21H25BrN4O2/c22-16-3-1-4-18(11-16)26-8-7-15(14-26)13-24-21(23)25-17-5-6-19-20(12-17)28-10-2-9-27-19/h1,3-6,11-12,15H,2,7-10,13-14H2,(H3,23,24,25). The van der Waals surface area contributed by atoms with Gasteiger partial charge >= 0.3 is 0 Å². The minimum absolute atomic E-state index is 0.426. The van der Waals surface area contributed by atoms with Gasteiger partial charge in [-0.3, -0.25) is 4.99 Å². The van der Waals surface area contributed by atoms with Crippen molar-refractivity contribution in [3.8, 4) is 11.5 Å². The molecule has 0 aliphatic carbocycles. The molecule has 6 nitrogen and oxygen atoms in total. The molecule has 0 saturated carbocycles. The average molecular weight is 445 g/mol. The molecule has 1 saturated heterocycles. The van der Waals surface area contributed by atoms with E-state index >= 15 is 0 Å². The van der Waals surface area contributed by atoms with Gasteiger partial charge < -0.3 is 25.4 Å². The number of aliphatic imine (C=N–C) groups is 1. The molecular formula is C21H25BrN4O2. The molecule has 2 aliphatic rings. The lowest BCUT2D eigenvalue weighted by molar-refractivity contribution is 0.297. The molecule has 2 heterocycles. The summed E-state index contributed by atoms with van der Waals surface area (Å²) < 4.78 is 12.5. The van der Waals surface area contributed by atoms with Crippen LogP contribution in [0.5, 0.6) is 11.5 Å². The minimum atomic E-state index is 0.426. The molecule has 0 spiro atoms. The third-order valence-corrected chi connectivity index (χ3v) is 5.49. The van der Waals surface area contributed by atoms with Crippen LogP contribution < -0.4 is 25.4 Å². The van der Waals surface area contributed by atoms with Crippen molar-refractivity contribution in [3.05, 3.63) is 46.9 Å². The summed E-state index contributed by atoms with van der Waals surface area (Å²) in [5, 5.41) is 3.16. The Bertz CT molecular complexity index is 858. The highest BCUT2D eigenvalue weighted by Crippen LogP contribution is 2.32. The van der Waals surface area contributed by atoms with E-state index in [9.17, 15) is 0 Å². The van der Waals surface area contributed by atoms with Crippen LogP contribution in [0.4, 0.5) is 11.4 Å². The molecule has 2 aliphatic heterocycles. The van der Waals surface area contributed by atoms with Gasteiger partial charge in [-0.1, -0.05) is 22.0 Å². The van der Waals surface area contributed by atoms with Crippen molar-refractivity contribution in [1.82, 2.24) is 0 Å². The Kier molecular flexibility index (Phi) is 5.90. The molecule has 148 valence electrons. The molecule has 0 aromatic heterocycles. The quantitative estimate of drug-likeness (QED) is 0.553. The summed E-state index contributed by atoms with van der Waals surface area (Å²) in [5.74, 6) is 2.45. The number of nitrogens with zero attached hydrogens (tertiary/aromatic N) is 2. The normalized spacial score (nSPS) is 19.4. The van der Waals surface area contributed by atoms with Crippen molar-refractivity contribution < 1.29 is 9.47 Å². The molecular weight excluding hydrogens is 420 g/mol. The number of halogens is 1. The molecule has 1 fully saturated rings. The van der Waals surface area contributed by atoms with Crippen molar-refractivity contribution >= 4 is 33.3 Å². The zero-order valence-electron chi connectivity index (χ0n) is 15.7. The van der Waals surface area contributed by atoms with Crippen LogP contribution in [0.25, 0.3) is 0 Å². The Balaban J connectivity index is 1.32. The Hall–Kier alpha value is -2.41. The maximum absolute atomic E-state index is 6.10. The predicted molar refractivity (Wildman–Crippen MR) is 117 cm³/mol. The first kappa shape index (κ1) is 18.9. The van der Waals surface area contributed by atoms with Gasteiger partial charge in [0.2, 0.25) is 0 Å². The van der Waals surface area contributed by atoms with Gasteiger partial charge in [0.05, 0.1) is 13.2 Å². The van der Waals surface area contributed by atoms with E-state index in [1.165, 1.54) is 5.69 Å². The fraction of sp³-hybridized carbons (Fsp3) is 0.381. The first-order valence-electron chi connectivity index (χ1n) is 9.64. The molecule has 1 unspecified atom stereocenters. The Labute approximate surface area is 173 Å². The van der Waals surface area contributed by atoms with Crippen molar-refractivity contribution in [3.63, 3.8) is 0 Å². The fourth-order valence-corrected chi connectivity index (χ4v) is 3.93. The van der Waals surface area contributed by atoms with E-state index in [0.29, 0.717) is 31.6 Å². The number of benzene rings is 2. The molecule has 4 rings (SSSR count). The summed E-state index contributed by atoms with van der Waals surface area (Å²) in [5.41, 5.74) is 8.21. The van der Waals surface area contributed by atoms with Crippen LogP contribution in [-0.4, -0.2) is 38.8 Å². The van der Waals surface area contributed by atoms with E-state index in [1.807, 2.05) is 24.3 Å². The number of nitrogens with two attached hydrogens (primary N) is 1. The molecule has 3 N–H and O–H groups in total. The number of fused-ring (bicyclic) bond motifs is 1. The summed E-state index contributed by atoms with van der Waals surface area (Å²) in [7, 11) is 0. The van der Waals surface area contributed by atoms with E-state index in [2.05, 4.69) is 49.3 Å². The highest BCUT2D eigenvalue weighted by Gasteiger charge is 2.22. The van der Waals surface area contributed by atoms with Gasteiger partial charge in [-0.05, 0) is 42.7 Å². The maximum Gasteiger partial charge on any atom is 0.193 e. The van der Waals surface area contributed by atoms with Crippen LogP contribution in [0.1, 0.15) is 12.8 Å². The second-order valence-electron chi connectivity index (χ2n) is 7.14. The van der Waals surface area contributed by atoms with E-state index in [1.54, 1.807) is 0 Å². The highest BCUT2D eigenvalue weighted by atomic mass is 79.9. The van der Waals surface area contributed by atoms with Crippen LogP contribution in [0.3, 0.4) is 0 Å². The third-order valence-electron chi connectivity index (χ3n) is 5.00.